The molecule has 0 radical (unpaired) electrons. The van der Waals surface area contributed by atoms with Crippen molar-refractivity contribution in [1.29, 1.82) is 0 Å². The minimum atomic E-state index is -0.0215. The van der Waals surface area contributed by atoms with E-state index in [-0.39, 0.29) is 5.91 Å². The van der Waals surface area contributed by atoms with Gasteiger partial charge >= 0.3 is 0 Å². The number of nitrogens with zero attached hydrogens (tertiary/aromatic N) is 2. The van der Waals surface area contributed by atoms with Gasteiger partial charge in [-0.1, -0.05) is 29.8 Å². The molecule has 5 nitrogen and oxygen atoms in total. The summed E-state index contributed by atoms with van der Waals surface area (Å²) in [5.41, 5.74) is 1.88. The molecule has 152 valence electrons. The first kappa shape index (κ1) is 21.3. The van der Waals surface area contributed by atoms with Crippen LogP contribution in [0.3, 0.4) is 0 Å². The van der Waals surface area contributed by atoms with Gasteiger partial charge in [-0.05, 0) is 67.1 Å². The zero-order chi connectivity index (χ0) is 20.8. The Morgan fingerprint density at radius 1 is 1.14 bits per heavy atom. The summed E-state index contributed by atoms with van der Waals surface area (Å²) in [5.74, 6) is 1.23. The molecule has 1 aliphatic heterocycles. The van der Waals surface area contributed by atoms with Crippen LogP contribution in [0.15, 0.2) is 52.4 Å². The van der Waals surface area contributed by atoms with E-state index in [0.717, 1.165) is 16.3 Å². The third-order valence-electron chi connectivity index (χ3n) is 4.29. The van der Waals surface area contributed by atoms with E-state index in [1.807, 2.05) is 62.4 Å². The molecule has 2 aromatic carbocycles. The maximum absolute atomic E-state index is 12.6. The number of likely N-dealkylation sites (N-methyl/N-ethyl adjacent to an activating group) is 1. The first-order chi connectivity index (χ1) is 14.0. The number of rotatable bonds is 7. The zero-order valence-corrected chi connectivity index (χ0v) is 18.2. The summed E-state index contributed by atoms with van der Waals surface area (Å²) < 4.78 is 11.4. The van der Waals surface area contributed by atoms with Crippen LogP contribution in [0.2, 0.25) is 5.02 Å². The lowest BCUT2D eigenvalue weighted by atomic mass is 10.1. The molecule has 0 unspecified atom stereocenters. The topological polar surface area (TPSA) is 51.1 Å². The van der Waals surface area contributed by atoms with Gasteiger partial charge in [0, 0.05) is 18.1 Å². The first-order valence-corrected chi connectivity index (χ1v) is 10.6. The number of halogens is 1. The van der Waals surface area contributed by atoms with Gasteiger partial charge in [-0.15, -0.1) is 0 Å². The van der Waals surface area contributed by atoms with Crippen molar-refractivity contribution in [3.63, 3.8) is 0 Å². The van der Waals surface area contributed by atoms with Crippen molar-refractivity contribution in [2.75, 3.05) is 20.2 Å². The van der Waals surface area contributed by atoms with E-state index >= 15 is 0 Å². The van der Waals surface area contributed by atoms with Crippen molar-refractivity contribution in [3.05, 3.63) is 63.5 Å². The average Bonchev–Trinajstić information content (AvgIpc) is 3.02. The van der Waals surface area contributed by atoms with E-state index in [9.17, 15) is 4.79 Å². The van der Waals surface area contributed by atoms with Crippen LogP contribution in [0.4, 0.5) is 0 Å². The normalized spacial score (nSPS) is 16.7. The quantitative estimate of drug-likeness (QED) is 0.563. The second-order valence-corrected chi connectivity index (χ2v) is 7.69. The van der Waals surface area contributed by atoms with Gasteiger partial charge in [-0.3, -0.25) is 14.7 Å². The van der Waals surface area contributed by atoms with E-state index in [4.69, 9.17) is 21.1 Å². The second kappa shape index (κ2) is 9.85. The van der Waals surface area contributed by atoms with Crippen LogP contribution in [-0.4, -0.2) is 36.2 Å². The minimum absolute atomic E-state index is 0.0215. The number of carbonyl (C=O) groups excluding carboxylic acids is 1. The molecule has 1 fully saturated rings. The van der Waals surface area contributed by atoms with Gasteiger partial charge in [-0.25, -0.2) is 0 Å². The average molecular weight is 431 g/mol. The van der Waals surface area contributed by atoms with Crippen LogP contribution in [-0.2, 0) is 11.4 Å². The number of amides is 1. The molecule has 0 spiro atoms. The van der Waals surface area contributed by atoms with Gasteiger partial charge in [0.05, 0.1) is 12.0 Å². The maximum atomic E-state index is 12.6. The molecule has 7 heteroatoms. The van der Waals surface area contributed by atoms with E-state index in [0.29, 0.717) is 41.1 Å². The molecule has 0 aliphatic carbocycles. The smallest absolute Gasteiger partial charge is 0.266 e. The third kappa shape index (κ3) is 5.14. The molecule has 0 atom stereocenters. The van der Waals surface area contributed by atoms with Crippen molar-refractivity contribution in [3.8, 4) is 11.5 Å². The Bertz CT molecular complexity index is 942. The number of ether oxygens (including phenoxy) is 2. The molecule has 1 amide bonds. The van der Waals surface area contributed by atoms with Crippen LogP contribution in [0.5, 0.6) is 11.5 Å². The molecule has 0 aromatic heterocycles. The number of hydrogen-bond acceptors (Lipinski definition) is 5. The van der Waals surface area contributed by atoms with Crippen LogP contribution >= 0.6 is 23.4 Å². The zero-order valence-electron chi connectivity index (χ0n) is 16.6. The molecule has 0 saturated carbocycles. The molecule has 1 aliphatic rings. The van der Waals surface area contributed by atoms with Gasteiger partial charge in [0.15, 0.2) is 16.7 Å². The summed E-state index contributed by atoms with van der Waals surface area (Å²) in [6.07, 6.45) is 1.86. The van der Waals surface area contributed by atoms with Crippen molar-refractivity contribution in [1.82, 2.24) is 4.90 Å². The lowest BCUT2D eigenvalue weighted by Crippen LogP contribution is -2.28. The Kier molecular flexibility index (Phi) is 7.23. The summed E-state index contributed by atoms with van der Waals surface area (Å²) in [6, 6.07) is 13.1. The highest BCUT2D eigenvalue weighted by Gasteiger charge is 2.31. The highest BCUT2D eigenvalue weighted by Crippen LogP contribution is 2.34. The Morgan fingerprint density at radius 3 is 2.55 bits per heavy atom. The maximum Gasteiger partial charge on any atom is 0.266 e. The van der Waals surface area contributed by atoms with E-state index in [2.05, 4.69) is 4.99 Å². The lowest BCUT2D eigenvalue weighted by molar-refractivity contribution is -0.122. The van der Waals surface area contributed by atoms with Crippen LogP contribution in [0.25, 0.3) is 6.08 Å². The fraction of sp³-hybridized carbons (Fsp3) is 0.273. The Hall–Kier alpha value is -2.44. The number of methoxy groups -OCH3 is 1. The molecule has 0 N–H and O–H groups in total. The van der Waals surface area contributed by atoms with Gasteiger partial charge in [0.2, 0.25) is 0 Å². The monoisotopic (exact) mass is 430 g/mol. The molecule has 3 rings (SSSR count). The van der Waals surface area contributed by atoms with Crippen LogP contribution < -0.4 is 9.47 Å². The van der Waals surface area contributed by atoms with E-state index in [1.165, 1.54) is 11.8 Å². The van der Waals surface area contributed by atoms with E-state index in [1.54, 1.807) is 12.0 Å². The SMILES string of the molecule is CCN=C1S/C(=C\c2ccc(OCc3ccc(Cl)cc3)c(OC)c2)C(=O)N1CC. The number of aliphatic imine (C=N–C) groups is 1. The Morgan fingerprint density at radius 2 is 1.90 bits per heavy atom. The number of hydrogen-bond donors (Lipinski definition) is 0. The predicted octanol–water partition coefficient (Wildman–Crippen LogP) is 5.24. The molecule has 1 saturated heterocycles. The van der Waals surface area contributed by atoms with Crippen molar-refractivity contribution in [2.45, 2.75) is 20.5 Å². The highest BCUT2D eigenvalue weighted by molar-refractivity contribution is 8.18. The Balaban J connectivity index is 1.78. The largest absolute Gasteiger partial charge is 0.493 e. The highest BCUT2D eigenvalue weighted by atomic mass is 35.5. The Labute approximate surface area is 180 Å². The fourth-order valence-electron chi connectivity index (χ4n) is 2.83. The van der Waals surface area contributed by atoms with Crippen molar-refractivity contribution >= 4 is 40.5 Å². The second-order valence-electron chi connectivity index (χ2n) is 6.24. The first-order valence-electron chi connectivity index (χ1n) is 9.36. The summed E-state index contributed by atoms with van der Waals surface area (Å²) in [5, 5.41) is 1.44. The molecule has 1 heterocycles. The number of benzene rings is 2. The molecule has 0 bridgehead atoms. The summed E-state index contributed by atoms with van der Waals surface area (Å²) >= 11 is 7.32. The molecular weight excluding hydrogens is 408 g/mol. The van der Waals surface area contributed by atoms with Gasteiger partial charge < -0.3 is 9.47 Å². The van der Waals surface area contributed by atoms with Gasteiger partial charge in [0.1, 0.15) is 6.61 Å². The summed E-state index contributed by atoms with van der Waals surface area (Å²) in [7, 11) is 1.60. The molecule has 29 heavy (non-hydrogen) atoms. The standard InChI is InChI=1S/C22H23ClN2O3S/c1-4-24-22-25(5-2)21(26)20(29-22)13-16-8-11-18(19(12-16)27-3)28-14-15-6-9-17(23)10-7-15/h6-13H,4-5,14H2,1-3H3/b20-13-,24-22?. The lowest BCUT2D eigenvalue weighted by Gasteiger charge is -2.12. The molecular formula is C22H23ClN2O3S. The number of amidine groups is 1. The van der Waals surface area contributed by atoms with Crippen molar-refractivity contribution < 1.29 is 14.3 Å². The fourth-order valence-corrected chi connectivity index (χ4v) is 4.06. The van der Waals surface area contributed by atoms with Crippen molar-refractivity contribution in [2.24, 2.45) is 4.99 Å². The number of carbonyl (C=O) groups is 1. The number of thioether (sulfide) groups is 1. The van der Waals surface area contributed by atoms with Gasteiger partial charge in [0.25, 0.3) is 5.91 Å². The van der Waals surface area contributed by atoms with Crippen LogP contribution in [0.1, 0.15) is 25.0 Å². The molecule has 2 aromatic rings. The predicted molar refractivity (Wildman–Crippen MR) is 120 cm³/mol. The third-order valence-corrected chi connectivity index (χ3v) is 5.59. The van der Waals surface area contributed by atoms with Gasteiger partial charge in [-0.2, -0.15) is 0 Å². The summed E-state index contributed by atoms with van der Waals surface area (Å²) in [6.45, 7) is 5.56. The van der Waals surface area contributed by atoms with E-state index < -0.39 is 0 Å². The van der Waals surface area contributed by atoms with Crippen LogP contribution in [0, 0.1) is 0 Å². The summed E-state index contributed by atoms with van der Waals surface area (Å²) in [4.78, 5) is 19.4. The minimum Gasteiger partial charge on any atom is -0.493 e.